The van der Waals surface area contributed by atoms with E-state index < -0.39 is 11.8 Å². The van der Waals surface area contributed by atoms with Crippen molar-refractivity contribution in [3.8, 4) is 11.5 Å². The Morgan fingerprint density at radius 2 is 1.36 bits per heavy atom. The number of rotatable bonds is 10. The van der Waals surface area contributed by atoms with E-state index in [1.165, 1.54) is 0 Å². The molecule has 0 heterocycles. The second kappa shape index (κ2) is 11.4. The molecule has 0 spiro atoms. The van der Waals surface area contributed by atoms with E-state index in [4.69, 9.17) is 9.47 Å². The summed E-state index contributed by atoms with van der Waals surface area (Å²) >= 11 is 0. The Morgan fingerprint density at radius 3 is 1.82 bits per heavy atom. The largest absolute Gasteiger partial charge is 0.494 e. The van der Waals surface area contributed by atoms with Gasteiger partial charge in [-0.15, -0.1) is 0 Å². The number of nitrogens with one attached hydrogen (secondary N) is 2. The molecule has 0 unspecified atom stereocenters. The number of amides is 2. The summed E-state index contributed by atoms with van der Waals surface area (Å²) in [5, 5.41) is 0. The molecule has 0 aliphatic carbocycles. The van der Waals surface area contributed by atoms with Crippen molar-refractivity contribution in [2.24, 2.45) is 0 Å². The molecule has 28 heavy (non-hydrogen) atoms. The molecule has 0 aromatic heterocycles. The summed E-state index contributed by atoms with van der Waals surface area (Å²) < 4.78 is 11.0. The SMILES string of the molecule is C=CCOc1ccc(C(=O)NNC(=O)c2ccc(OCCCCC)cc2)cc1. The van der Waals surface area contributed by atoms with Crippen LogP contribution in [0.4, 0.5) is 0 Å². The topological polar surface area (TPSA) is 76.7 Å². The fourth-order valence-electron chi connectivity index (χ4n) is 2.36. The number of hydrogen-bond acceptors (Lipinski definition) is 4. The van der Waals surface area contributed by atoms with Gasteiger partial charge in [-0.25, -0.2) is 0 Å². The minimum Gasteiger partial charge on any atom is -0.494 e. The van der Waals surface area contributed by atoms with Gasteiger partial charge in [0.1, 0.15) is 18.1 Å². The number of carbonyl (C=O) groups is 2. The van der Waals surface area contributed by atoms with Crippen LogP contribution in [0.3, 0.4) is 0 Å². The summed E-state index contributed by atoms with van der Waals surface area (Å²) in [5.41, 5.74) is 5.63. The van der Waals surface area contributed by atoms with E-state index in [-0.39, 0.29) is 0 Å². The Labute approximate surface area is 165 Å². The van der Waals surface area contributed by atoms with E-state index >= 15 is 0 Å². The van der Waals surface area contributed by atoms with E-state index in [9.17, 15) is 9.59 Å². The minimum atomic E-state index is -0.417. The highest BCUT2D eigenvalue weighted by Gasteiger charge is 2.09. The monoisotopic (exact) mass is 382 g/mol. The molecule has 0 saturated carbocycles. The molecule has 2 rings (SSSR count). The molecule has 0 fully saturated rings. The first kappa shape index (κ1) is 21.0. The second-order valence-electron chi connectivity index (χ2n) is 6.11. The zero-order valence-electron chi connectivity index (χ0n) is 16.1. The van der Waals surface area contributed by atoms with E-state index in [0.29, 0.717) is 30.1 Å². The van der Waals surface area contributed by atoms with Gasteiger partial charge in [-0.05, 0) is 55.0 Å². The first-order valence-corrected chi connectivity index (χ1v) is 9.31. The Kier molecular flexibility index (Phi) is 8.59. The van der Waals surface area contributed by atoms with Gasteiger partial charge >= 0.3 is 0 Å². The third-order valence-corrected chi connectivity index (χ3v) is 3.91. The van der Waals surface area contributed by atoms with Gasteiger partial charge in [-0.2, -0.15) is 0 Å². The molecule has 2 aromatic carbocycles. The van der Waals surface area contributed by atoms with Crippen LogP contribution in [0, 0.1) is 0 Å². The van der Waals surface area contributed by atoms with Crippen molar-refractivity contribution in [1.82, 2.24) is 10.9 Å². The Hall–Kier alpha value is -3.28. The predicted molar refractivity (Wildman–Crippen MR) is 109 cm³/mol. The third-order valence-electron chi connectivity index (χ3n) is 3.91. The second-order valence-corrected chi connectivity index (χ2v) is 6.11. The first-order valence-electron chi connectivity index (χ1n) is 9.31. The Balaban J connectivity index is 1.80. The van der Waals surface area contributed by atoms with E-state index in [2.05, 4.69) is 24.4 Å². The molecule has 0 aliphatic heterocycles. The molecule has 2 aromatic rings. The number of hydrazine groups is 1. The zero-order valence-corrected chi connectivity index (χ0v) is 16.1. The first-order chi connectivity index (χ1) is 13.6. The van der Waals surface area contributed by atoms with Crippen molar-refractivity contribution in [3.05, 3.63) is 72.3 Å². The summed E-state index contributed by atoms with van der Waals surface area (Å²) in [5.74, 6) is 0.532. The summed E-state index contributed by atoms with van der Waals surface area (Å²) in [6.45, 7) is 6.77. The fourth-order valence-corrected chi connectivity index (χ4v) is 2.36. The molecule has 6 heteroatoms. The lowest BCUT2D eigenvalue weighted by Crippen LogP contribution is -2.41. The van der Waals surface area contributed by atoms with Gasteiger partial charge in [-0.3, -0.25) is 20.4 Å². The molecule has 0 bridgehead atoms. The third kappa shape index (κ3) is 6.79. The van der Waals surface area contributed by atoms with Crippen LogP contribution in [0.15, 0.2) is 61.2 Å². The summed E-state index contributed by atoms with van der Waals surface area (Å²) in [6, 6.07) is 13.4. The smallest absolute Gasteiger partial charge is 0.269 e. The van der Waals surface area contributed by atoms with Crippen molar-refractivity contribution < 1.29 is 19.1 Å². The van der Waals surface area contributed by atoms with Crippen LogP contribution in [0.25, 0.3) is 0 Å². The van der Waals surface area contributed by atoms with Crippen molar-refractivity contribution in [2.75, 3.05) is 13.2 Å². The van der Waals surface area contributed by atoms with Crippen LogP contribution < -0.4 is 20.3 Å². The summed E-state index contributed by atoms with van der Waals surface area (Å²) in [4.78, 5) is 24.3. The van der Waals surface area contributed by atoms with Crippen LogP contribution in [0.5, 0.6) is 11.5 Å². The van der Waals surface area contributed by atoms with E-state index in [1.54, 1.807) is 54.6 Å². The highest BCUT2D eigenvalue weighted by Crippen LogP contribution is 2.13. The lowest BCUT2D eigenvalue weighted by Gasteiger charge is -2.09. The average Bonchev–Trinajstić information content (AvgIpc) is 2.74. The molecule has 0 radical (unpaired) electrons. The average molecular weight is 382 g/mol. The summed E-state index contributed by atoms with van der Waals surface area (Å²) in [6.07, 6.45) is 4.92. The van der Waals surface area contributed by atoms with Crippen molar-refractivity contribution in [3.63, 3.8) is 0 Å². The zero-order chi connectivity index (χ0) is 20.2. The van der Waals surface area contributed by atoms with Gasteiger partial charge in [0.2, 0.25) is 0 Å². The molecule has 0 aliphatic rings. The van der Waals surface area contributed by atoms with Gasteiger partial charge in [0.25, 0.3) is 11.8 Å². The van der Waals surface area contributed by atoms with Gasteiger partial charge < -0.3 is 9.47 Å². The maximum atomic E-state index is 12.2. The van der Waals surface area contributed by atoms with E-state index in [0.717, 1.165) is 25.0 Å². The lowest BCUT2D eigenvalue weighted by atomic mass is 10.2. The van der Waals surface area contributed by atoms with Crippen LogP contribution in [0.2, 0.25) is 0 Å². The number of benzene rings is 2. The molecule has 2 amide bonds. The number of ether oxygens (including phenoxy) is 2. The fraction of sp³-hybridized carbons (Fsp3) is 0.273. The molecular weight excluding hydrogens is 356 g/mol. The van der Waals surface area contributed by atoms with Crippen molar-refractivity contribution in [2.45, 2.75) is 26.2 Å². The van der Waals surface area contributed by atoms with Crippen LogP contribution >= 0.6 is 0 Å². The minimum absolute atomic E-state index is 0.393. The molecule has 0 atom stereocenters. The maximum Gasteiger partial charge on any atom is 0.269 e. The van der Waals surface area contributed by atoms with Gasteiger partial charge in [0.15, 0.2) is 0 Å². The van der Waals surface area contributed by atoms with Crippen LogP contribution in [-0.2, 0) is 0 Å². The van der Waals surface area contributed by atoms with Gasteiger partial charge in [0, 0.05) is 11.1 Å². The number of carbonyl (C=O) groups excluding carboxylic acids is 2. The Bertz CT molecular complexity index is 770. The lowest BCUT2D eigenvalue weighted by molar-refractivity contribution is 0.0846. The number of hydrogen-bond donors (Lipinski definition) is 2. The molecule has 0 saturated heterocycles. The van der Waals surface area contributed by atoms with E-state index in [1.807, 2.05) is 0 Å². The molecule has 6 nitrogen and oxygen atoms in total. The van der Waals surface area contributed by atoms with Crippen LogP contribution in [0.1, 0.15) is 46.9 Å². The van der Waals surface area contributed by atoms with Crippen molar-refractivity contribution in [1.29, 1.82) is 0 Å². The molecular formula is C22H26N2O4. The number of unbranched alkanes of at least 4 members (excludes halogenated alkanes) is 2. The Morgan fingerprint density at radius 1 is 0.857 bits per heavy atom. The highest BCUT2D eigenvalue weighted by atomic mass is 16.5. The molecule has 2 N–H and O–H groups in total. The van der Waals surface area contributed by atoms with Crippen molar-refractivity contribution >= 4 is 11.8 Å². The molecule has 148 valence electrons. The van der Waals surface area contributed by atoms with Crippen LogP contribution in [-0.4, -0.2) is 25.0 Å². The standard InChI is InChI=1S/C22H26N2O4/c1-3-5-6-16-28-20-13-9-18(10-14-20)22(26)24-23-21(25)17-7-11-19(12-8-17)27-15-4-2/h4,7-14H,2-3,5-6,15-16H2,1H3,(H,23,25)(H,24,26). The maximum absolute atomic E-state index is 12.2. The quantitative estimate of drug-likeness (QED) is 0.371. The van der Waals surface area contributed by atoms with Gasteiger partial charge in [-0.1, -0.05) is 32.4 Å². The van der Waals surface area contributed by atoms with Gasteiger partial charge in [0.05, 0.1) is 6.61 Å². The predicted octanol–water partition coefficient (Wildman–Crippen LogP) is 3.90. The highest BCUT2D eigenvalue weighted by molar-refractivity contribution is 5.99. The summed E-state index contributed by atoms with van der Waals surface area (Å²) in [7, 11) is 0. The normalized spacial score (nSPS) is 10.0.